The standard InChI is InChI=1S/C11H11NO3/c1-3-11(13)12-15-8-9-4-6-10(14-2)7-5-9/h1,4-7H,8H2,2H3,(H,12,13). The monoisotopic (exact) mass is 205 g/mol. The fraction of sp³-hybridized carbons (Fsp3) is 0.182. The number of hydroxylamine groups is 1. The van der Waals surface area contributed by atoms with Crippen LogP contribution >= 0.6 is 0 Å². The maximum Gasteiger partial charge on any atom is 0.319 e. The largest absolute Gasteiger partial charge is 0.497 e. The molecule has 0 aromatic heterocycles. The van der Waals surface area contributed by atoms with Crippen molar-refractivity contribution in [2.75, 3.05) is 7.11 Å². The Kier molecular flexibility index (Phi) is 4.20. The summed E-state index contributed by atoms with van der Waals surface area (Å²) in [6.07, 6.45) is 4.83. The summed E-state index contributed by atoms with van der Waals surface area (Å²) in [6, 6.07) is 7.28. The van der Waals surface area contributed by atoms with E-state index in [9.17, 15) is 4.79 Å². The van der Waals surface area contributed by atoms with Gasteiger partial charge in [0.1, 0.15) is 5.75 Å². The van der Waals surface area contributed by atoms with Crippen molar-refractivity contribution in [2.45, 2.75) is 6.61 Å². The fourth-order valence-corrected chi connectivity index (χ4v) is 0.936. The highest BCUT2D eigenvalue weighted by Crippen LogP contribution is 2.11. The number of amides is 1. The van der Waals surface area contributed by atoms with Crippen LogP contribution in [0.3, 0.4) is 0 Å². The first-order valence-corrected chi connectivity index (χ1v) is 4.27. The van der Waals surface area contributed by atoms with E-state index >= 15 is 0 Å². The molecule has 0 radical (unpaired) electrons. The summed E-state index contributed by atoms with van der Waals surface area (Å²) in [6.45, 7) is 0.261. The molecular formula is C11H11NO3. The molecule has 4 heteroatoms. The van der Waals surface area contributed by atoms with Crippen molar-refractivity contribution in [2.24, 2.45) is 0 Å². The quantitative estimate of drug-likeness (QED) is 0.586. The number of benzene rings is 1. The van der Waals surface area contributed by atoms with E-state index in [0.29, 0.717) is 0 Å². The van der Waals surface area contributed by atoms with Gasteiger partial charge in [0.2, 0.25) is 0 Å². The molecule has 4 nitrogen and oxygen atoms in total. The Morgan fingerprint density at radius 3 is 2.67 bits per heavy atom. The molecule has 0 aliphatic carbocycles. The highest BCUT2D eigenvalue weighted by molar-refractivity contribution is 5.91. The van der Waals surface area contributed by atoms with Gasteiger partial charge in [0.25, 0.3) is 0 Å². The second kappa shape index (κ2) is 5.68. The van der Waals surface area contributed by atoms with Crippen LogP contribution in [0, 0.1) is 12.3 Å². The normalized spacial score (nSPS) is 9.07. The number of methoxy groups -OCH3 is 1. The van der Waals surface area contributed by atoms with E-state index in [4.69, 9.17) is 16.0 Å². The minimum atomic E-state index is -0.594. The molecule has 0 atom stereocenters. The lowest BCUT2D eigenvalue weighted by Crippen LogP contribution is -2.21. The van der Waals surface area contributed by atoms with Crippen LogP contribution in [0.4, 0.5) is 0 Å². The van der Waals surface area contributed by atoms with Crippen molar-refractivity contribution in [1.29, 1.82) is 0 Å². The number of hydrogen-bond acceptors (Lipinski definition) is 3. The summed E-state index contributed by atoms with van der Waals surface area (Å²) in [5, 5.41) is 0. The van der Waals surface area contributed by atoms with Gasteiger partial charge >= 0.3 is 5.91 Å². The second-order valence-electron chi connectivity index (χ2n) is 2.71. The molecule has 0 aliphatic rings. The number of nitrogens with one attached hydrogen (secondary N) is 1. The Labute approximate surface area is 88.1 Å². The van der Waals surface area contributed by atoms with E-state index in [0.717, 1.165) is 11.3 Å². The Bertz CT molecular complexity index is 364. The van der Waals surface area contributed by atoms with E-state index in [2.05, 4.69) is 5.48 Å². The van der Waals surface area contributed by atoms with Gasteiger partial charge in [-0.25, -0.2) is 5.48 Å². The summed E-state index contributed by atoms with van der Waals surface area (Å²) in [5.74, 6) is 2.05. The number of carbonyl (C=O) groups excluding carboxylic acids is 1. The third-order valence-corrected chi connectivity index (χ3v) is 1.69. The van der Waals surface area contributed by atoms with Crippen LogP contribution in [0.2, 0.25) is 0 Å². The third kappa shape index (κ3) is 3.71. The number of ether oxygens (including phenoxy) is 1. The van der Waals surface area contributed by atoms with E-state index < -0.39 is 5.91 Å². The van der Waals surface area contributed by atoms with Crippen LogP contribution in [0.25, 0.3) is 0 Å². The molecule has 1 N–H and O–H groups in total. The molecule has 0 fully saturated rings. The number of rotatable bonds is 4. The van der Waals surface area contributed by atoms with Crippen molar-refractivity contribution < 1.29 is 14.4 Å². The first-order chi connectivity index (χ1) is 7.26. The molecule has 0 saturated carbocycles. The zero-order valence-corrected chi connectivity index (χ0v) is 8.32. The highest BCUT2D eigenvalue weighted by Gasteiger charge is 1.96. The van der Waals surface area contributed by atoms with Crippen molar-refractivity contribution in [1.82, 2.24) is 5.48 Å². The zero-order chi connectivity index (χ0) is 11.1. The molecule has 78 valence electrons. The molecule has 0 spiro atoms. The molecule has 1 aromatic carbocycles. The molecule has 15 heavy (non-hydrogen) atoms. The molecule has 1 aromatic rings. The minimum absolute atomic E-state index is 0.261. The van der Waals surface area contributed by atoms with Gasteiger partial charge in [-0.05, 0) is 23.6 Å². The van der Waals surface area contributed by atoms with E-state index in [1.165, 1.54) is 0 Å². The van der Waals surface area contributed by atoms with Crippen molar-refractivity contribution in [3.8, 4) is 18.1 Å². The lowest BCUT2D eigenvalue weighted by molar-refractivity contribution is -0.128. The molecule has 0 aliphatic heterocycles. The van der Waals surface area contributed by atoms with E-state index in [1.54, 1.807) is 7.11 Å². The Morgan fingerprint density at radius 2 is 2.13 bits per heavy atom. The van der Waals surface area contributed by atoms with Gasteiger partial charge in [-0.2, -0.15) is 0 Å². The molecule has 0 unspecified atom stereocenters. The van der Waals surface area contributed by atoms with E-state index in [1.807, 2.05) is 30.2 Å². The zero-order valence-electron chi connectivity index (χ0n) is 8.32. The molecule has 1 rings (SSSR count). The summed E-state index contributed by atoms with van der Waals surface area (Å²) < 4.78 is 4.99. The number of terminal acetylenes is 1. The Hall–Kier alpha value is -1.99. The lowest BCUT2D eigenvalue weighted by atomic mass is 10.2. The highest BCUT2D eigenvalue weighted by atomic mass is 16.6. The molecule has 0 saturated heterocycles. The summed E-state index contributed by atoms with van der Waals surface area (Å²) in [5.41, 5.74) is 3.01. The van der Waals surface area contributed by atoms with Crippen molar-refractivity contribution >= 4 is 5.91 Å². The van der Waals surface area contributed by atoms with E-state index in [-0.39, 0.29) is 6.61 Å². The number of carbonyl (C=O) groups is 1. The van der Waals surface area contributed by atoms with Gasteiger partial charge in [-0.1, -0.05) is 12.1 Å². The average Bonchev–Trinajstić information content (AvgIpc) is 2.29. The maximum atomic E-state index is 10.6. The third-order valence-electron chi connectivity index (χ3n) is 1.69. The second-order valence-corrected chi connectivity index (χ2v) is 2.71. The maximum absolute atomic E-state index is 10.6. The Balaban J connectivity index is 2.38. The molecular weight excluding hydrogens is 194 g/mol. The van der Waals surface area contributed by atoms with Gasteiger partial charge in [0.15, 0.2) is 0 Å². The first kappa shape index (κ1) is 11.1. The summed E-state index contributed by atoms with van der Waals surface area (Å²) in [4.78, 5) is 15.5. The van der Waals surface area contributed by atoms with Crippen LogP contribution in [0.5, 0.6) is 5.75 Å². The summed E-state index contributed by atoms with van der Waals surface area (Å²) >= 11 is 0. The Morgan fingerprint density at radius 1 is 1.47 bits per heavy atom. The first-order valence-electron chi connectivity index (χ1n) is 4.27. The van der Waals surface area contributed by atoms with Crippen molar-refractivity contribution in [3.63, 3.8) is 0 Å². The van der Waals surface area contributed by atoms with Gasteiger partial charge in [-0.3, -0.25) is 9.63 Å². The van der Waals surface area contributed by atoms with Crippen LogP contribution in [0.1, 0.15) is 5.56 Å². The lowest BCUT2D eigenvalue weighted by Gasteiger charge is -2.04. The fourth-order valence-electron chi connectivity index (χ4n) is 0.936. The predicted octanol–water partition coefficient (Wildman–Crippen LogP) is 0.876. The SMILES string of the molecule is C#CC(=O)NOCc1ccc(OC)cc1. The van der Waals surface area contributed by atoms with Crippen LogP contribution in [-0.4, -0.2) is 13.0 Å². The minimum Gasteiger partial charge on any atom is -0.497 e. The predicted molar refractivity (Wildman–Crippen MR) is 54.8 cm³/mol. The van der Waals surface area contributed by atoms with Crippen LogP contribution in [-0.2, 0) is 16.2 Å². The molecule has 0 heterocycles. The van der Waals surface area contributed by atoms with Gasteiger partial charge in [0, 0.05) is 0 Å². The smallest absolute Gasteiger partial charge is 0.319 e. The van der Waals surface area contributed by atoms with Gasteiger partial charge in [0.05, 0.1) is 13.7 Å². The molecule has 1 amide bonds. The van der Waals surface area contributed by atoms with Gasteiger partial charge < -0.3 is 4.74 Å². The van der Waals surface area contributed by atoms with Crippen LogP contribution < -0.4 is 10.2 Å². The topological polar surface area (TPSA) is 47.6 Å². The summed E-state index contributed by atoms with van der Waals surface area (Å²) in [7, 11) is 1.60. The van der Waals surface area contributed by atoms with Crippen LogP contribution in [0.15, 0.2) is 24.3 Å². The van der Waals surface area contributed by atoms with Crippen molar-refractivity contribution in [3.05, 3.63) is 29.8 Å². The van der Waals surface area contributed by atoms with Gasteiger partial charge in [-0.15, -0.1) is 6.42 Å². The number of hydrogen-bond donors (Lipinski definition) is 1. The molecule has 0 bridgehead atoms. The average molecular weight is 205 g/mol.